The molecule has 170 valence electrons. The predicted octanol–water partition coefficient (Wildman–Crippen LogP) is 3.82. The minimum absolute atomic E-state index is 0.0735. The minimum Gasteiger partial charge on any atom is -0.497 e. The van der Waals surface area contributed by atoms with Crippen LogP contribution in [0.2, 0.25) is 0 Å². The van der Waals surface area contributed by atoms with Crippen LogP contribution in [-0.2, 0) is 6.54 Å². The number of nitrogens with zero attached hydrogens (tertiary/aromatic N) is 2. The van der Waals surface area contributed by atoms with Crippen molar-refractivity contribution in [2.75, 3.05) is 32.2 Å². The van der Waals surface area contributed by atoms with Crippen molar-refractivity contribution in [1.29, 1.82) is 0 Å². The third kappa shape index (κ3) is 4.11. The number of rotatable bonds is 6. The summed E-state index contributed by atoms with van der Waals surface area (Å²) < 4.78 is 10.7. The van der Waals surface area contributed by atoms with Crippen LogP contribution in [0.3, 0.4) is 0 Å². The number of hydrogen-bond donors (Lipinski definition) is 1. The number of ether oxygens (including phenoxy) is 2. The van der Waals surface area contributed by atoms with Crippen molar-refractivity contribution < 1.29 is 19.1 Å². The van der Waals surface area contributed by atoms with E-state index in [1.54, 1.807) is 32.4 Å². The number of hydrogen-bond acceptors (Lipinski definition) is 5. The molecule has 32 heavy (non-hydrogen) atoms. The molecule has 2 aliphatic heterocycles. The van der Waals surface area contributed by atoms with Gasteiger partial charge in [0.2, 0.25) is 0 Å². The van der Waals surface area contributed by atoms with Gasteiger partial charge < -0.3 is 24.6 Å². The molecule has 0 aromatic heterocycles. The van der Waals surface area contributed by atoms with E-state index < -0.39 is 0 Å². The lowest BCUT2D eigenvalue weighted by Crippen LogP contribution is -2.55. The molecule has 2 amide bonds. The van der Waals surface area contributed by atoms with Gasteiger partial charge in [0.1, 0.15) is 17.7 Å². The third-order valence-corrected chi connectivity index (χ3v) is 6.42. The molecule has 4 rings (SSSR count). The van der Waals surface area contributed by atoms with Gasteiger partial charge in [0.05, 0.1) is 25.5 Å². The first-order valence-corrected chi connectivity index (χ1v) is 11.3. The molecule has 1 atom stereocenters. The Morgan fingerprint density at radius 2 is 1.94 bits per heavy atom. The molecule has 0 bridgehead atoms. The first-order valence-electron chi connectivity index (χ1n) is 11.3. The summed E-state index contributed by atoms with van der Waals surface area (Å²) in [6, 6.07) is 10.9. The minimum atomic E-state index is -0.183. The molecule has 2 aromatic rings. The van der Waals surface area contributed by atoms with Gasteiger partial charge in [0, 0.05) is 36.8 Å². The van der Waals surface area contributed by atoms with E-state index in [0.717, 1.165) is 50.0 Å². The number of nitrogens with one attached hydrogen (secondary N) is 1. The Balaban J connectivity index is 1.55. The number of anilines is 1. The summed E-state index contributed by atoms with van der Waals surface area (Å²) in [5.41, 5.74) is 2.94. The van der Waals surface area contributed by atoms with Gasteiger partial charge in [-0.2, -0.15) is 0 Å². The molecular formula is C25H31N3O4. The van der Waals surface area contributed by atoms with E-state index in [9.17, 15) is 9.59 Å². The predicted molar refractivity (Wildman–Crippen MR) is 123 cm³/mol. The van der Waals surface area contributed by atoms with Crippen LogP contribution in [-0.4, -0.2) is 50.2 Å². The maximum absolute atomic E-state index is 13.2. The van der Waals surface area contributed by atoms with E-state index in [1.807, 2.05) is 23.1 Å². The van der Waals surface area contributed by atoms with Gasteiger partial charge in [-0.15, -0.1) is 0 Å². The standard InChI is InChI=1S/C25H31N3O4/c1-4-27-21-14-17(10-12-20(21)25(30)28-13-7-5-6-8-23(27)28)24(29)26-16-18-9-11-19(31-2)15-22(18)32-3/h9-12,14-15,23H,4-8,13,16H2,1-3H3,(H,26,29). The fourth-order valence-electron chi connectivity index (χ4n) is 4.71. The quantitative estimate of drug-likeness (QED) is 0.744. The Morgan fingerprint density at radius 3 is 2.69 bits per heavy atom. The molecule has 7 nitrogen and oxygen atoms in total. The highest BCUT2D eigenvalue weighted by Crippen LogP contribution is 2.35. The van der Waals surface area contributed by atoms with Crippen LogP contribution < -0.4 is 19.7 Å². The molecule has 2 aromatic carbocycles. The van der Waals surface area contributed by atoms with Crippen molar-refractivity contribution >= 4 is 17.5 Å². The second-order valence-corrected chi connectivity index (χ2v) is 8.21. The average molecular weight is 438 g/mol. The Hall–Kier alpha value is -3.22. The lowest BCUT2D eigenvalue weighted by atomic mass is 10.0. The number of carbonyl (C=O) groups excluding carboxylic acids is 2. The van der Waals surface area contributed by atoms with Crippen LogP contribution in [0.4, 0.5) is 5.69 Å². The van der Waals surface area contributed by atoms with Crippen molar-refractivity contribution in [1.82, 2.24) is 10.2 Å². The smallest absolute Gasteiger partial charge is 0.257 e. The summed E-state index contributed by atoms with van der Waals surface area (Å²) in [5, 5.41) is 2.97. The Morgan fingerprint density at radius 1 is 1.09 bits per heavy atom. The van der Waals surface area contributed by atoms with E-state index >= 15 is 0 Å². The number of carbonyl (C=O) groups is 2. The number of amides is 2. The van der Waals surface area contributed by atoms with E-state index in [-0.39, 0.29) is 18.0 Å². The number of fused-ring (bicyclic) bond motifs is 2. The van der Waals surface area contributed by atoms with Crippen molar-refractivity contribution in [2.45, 2.75) is 45.3 Å². The summed E-state index contributed by atoms with van der Waals surface area (Å²) >= 11 is 0. The largest absolute Gasteiger partial charge is 0.497 e. The van der Waals surface area contributed by atoms with Crippen LogP contribution in [0.15, 0.2) is 36.4 Å². The first kappa shape index (κ1) is 22.0. The van der Waals surface area contributed by atoms with Crippen LogP contribution in [0, 0.1) is 0 Å². The van der Waals surface area contributed by atoms with Crippen LogP contribution in [0.5, 0.6) is 11.5 Å². The van der Waals surface area contributed by atoms with Gasteiger partial charge >= 0.3 is 0 Å². The molecule has 0 radical (unpaired) electrons. The number of benzene rings is 2. The summed E-state index contributed by atoms with van der Waals surface area (Å²) in [7, 11) is 3.20. The Labute approximate surface area is 189 Å². The molecule has 2 heterocycles. The summed E-state index contributed by atoms with van der Waals surface area (Å²) in [4.78, 5) is 30.4. The maximum atomic E-state index is 13.2. The summed E-state index contributed by atoms with van der Waals surface area (Å²) in [5.74, 6) is 1.25. The van der Waals surface area contributed by atoms with E-state index in [2.05, 4.69) is 17.1 Å². The highest BCUT2D eigenvalue weighted by atomic mass is 16.5. The second-order valence-electron chi connectivity index (χ2n) is 8.21. The first-order chi connectivity index (χ1) is 15.6. The zero-order chi connectivity index (χ0) is 22.7. The number of methoxy groups -OCH3 is 2. The Kier molecular flexibility index (Phi) is 6.53. The fourth-order valence-corrected chi connectivity index (χ4v) is 4.71. The van der Waals surface area contributed by atoms with Gasteiger partial charge in [-0.1, -0.05) is 6.42 Å². The van der Waals surface area contributed by atoms with Gasteiger partial charge in [-0.25, -0.2) is 0 Å². The van der Waals surface area contributed by atoms with Gasteiger partial charge in [-0.3, -0.25) is 9.59 Å². The Bertz CT molecular complexity index is 1010. The average Bonchev–Trinajstić information content (AvgIpc) is 3.09. The van der Waals surface area contributed by atoms with E-state index in [0.29, 0.717) is 29.2 Å². The molecule has 7 heteroatoms. The highest BCUT2D eigenvalue weighted by molar-refractivity contribution is 6.04. The SMILES string of the molecule is CCN1c2cc(C(=O)NCc3ccc(OC)cc3OC)ccc2C(=O)N2CCCCCC21. The van der Waals surface area contributed by atoms with Gasteiger partial charge in [0.15, 0.2) is 0 Å². The lowest BCUT2D eigenvalue weighted by Gasteiger charge is -2.44. The monoisotopic (exact) mass is 437 g/mol. The van der Waals surface area contributed by atoms with Crippen molar-refractivity contribution in [3.63, 3.8) is 0 Å². The van der Waals surface area contributed by atoms with Crippen molar-refractivity contribution in [3.05, 3.63) is 53.1 Å². The molecular weight excluding hydrogens is 406 g/mol. The third-order valence-electron chi connectivity index (χ3n) is 6.42. The maximum Gasteiger partial charge on any atom is 0.257 e. The molecule has 1 saturated heterocycles. The normalized spacial score (nSPS) is 17.8. The summed E-state index contributed by atoms with van der Waals surface area (Å²) in [6.07, 6.45) is 4.35. The molecule has 0 saturated carbocycles. The van der Waals surface area contributed by atoms with Gasteiger partial charge in [-0.05, 0) is 56.5 Å². The van der Waals surface area contributed by atoms with E-state index in [4.69, 9.17) is 9.47 Å². The fraction of sp³-hybridized carbons (Fsp3) is 0.440. The summed E-state index contributed by atoms with van der Waals surface area (Å²) in [6.45, 7) is 4.02. The van der Waals surface area contributed by atoms with Crippen LogP contribution in [0.1, 0.15) is 58.9 Å². The topological polar surface area (TPSA) is 71.1 Å². The molecule has 1 unspecified atom stereocenters. The van der Waals surface area contributed by atoms with Crippen LogP contribution >= 0.6 is 0 Å². The van der Waals surface area contributed by atoms with E-state index in [1.165, 1.54) is 0 Å². The molecule has 0 spiro atoms. The van der Waals surface area contributed by atoms with Gasteiger partial charge in [0.25, 0.3) is 11.8 Å². The highest BCUT2D eigenvalue weighted by Gasteiger charge is 2.37. The molecule has 1 N–H and O–H groups in total. The zero-order valence-electron chi connectivity index (χ0n) is 19.0. The molecule has 1 fully saturated rings. The van der Waals surface area contributed by atoms with Crippen LogP contribution in [0.25, 0.3) is 0 Å². The second kappa shape index (κ2) is 9.51. The van der Waals surface area contributed by atoms with Crippen molar-refractivity contribution in [3.8, 4) is 11.5 Å². The van der Waals surface area contributed by atoms with Crippen molar-refractivity contribution in [2.24, 2.45) is 0 Å². The zero-order valence-corrected chi connectivity index (χ0v) is 19.0. The molecule has 0 aliphatic carbocycles. The molecule has 2 aliphatic rings. The lowest BCUT2D eigenvalue weighted by molar-refractivity contribution is 0.0656.